The summed E-state index contributed by atoms with van der Waals surface area (Å²) in [6, 6.07) is 18.5. The first-order valence-corrected chi connectivity index (χ1v) is 7.79. The highest BCUT2D eigenvalue weighted by Gasteiger charge is 2.17. The van der Waals surface area contributed by atoms with Crippen molar-refractivity contribution in [2.45, 2.75) is 31.5 Å². The molecule has 2 rings (SSSR count). The quantitative estimate of drug-likeness (QED) is 0.735. The monoisotopic (exact) mass is 314 g/mol. The number of esters is 1. The molecule has 0 radical (unpaired) electrons. The standard InChI is InChI=1S/C19H22O4/c20-17(12-11-15-7-3-1-4-8-15)18(21)13-14-23-19(22)16-9-5-2-6-10-16/h1-10,17-18,20-21H,11-14H2. The molecule has 2 aromatic rings. The number of benzene rings is 2. The first-order valence-electron chi connectivity index (χ1n) is 7.79. The summed E-state index contributed by atoms with van der Waals surface area (Å²) in [6.07, 6.45) is -0.345. The molecular formula is C19H22O4. The van der Waals surface area contributed by atoms with Crippen LogP contribution < -0.4 is 0 Å². The first kappa shape index (κ1) is 17.2. The fraction of sp³-hybridized carbons (Fsp3) is 0.316. The van der Waals surface area contributed by atoms with Crippen LogP contribution in [-0.4, -0.2) is 35.0 Å². The fourth-order valence-corrected chi connectivity index (χ4v) is 2.27. The molecule has 0 fully saturated rings. The summed E-state index contributed by atoms with van der Waals surface area (Å²) < 4.78 is 5.10. The van der Waals surface area contributed by atoms with Crippen molar-refractivity contribution in [1.29, 1.82) is 0 Å². The minimum Gasteiger partial charge on any atom is -0.462 e. The van der Waals surface area contributed by atoms with E-state index < -0.39 is 18.2 Å². The second-order valence-electron chi connectivity index (χ2n) is 5.45. The Morgan fingerprint density at radius 1 is 0.870 bits per heavy atom. The third kappa shape index (κ3) is 5.85. The van der Waals surface area contributed by atoms with Gasteiger partial charge in [-0.05, 0) is 30.5 Å². The number of carbonyl (C=O) groups is 1. The third-order valence-electron chi connectivity index (χ3n) is 3.67. The van der Waals surface area contributed by atoms with Gasteiger partial charge in [0.2, 0.25) is 0 Å². The molecule has 2 unspecified atom stereocenters. The summed E-state index contributed by atoms with van der Waals surface area (Å²) >= 11 is 0. The smallest absolute Gasteiger partial charge is 0.338 e. The lowest BCUT2D eigenvalue weighted by Crippen LogP contribution is -2.28. The van der Waals surface area contributed by atoms with Gasteiger partial charge >= 0.3 is 5.97 Å². The molecule has 0 aliphatic carbocycles. The molecule has 4 nitrogen and oxygen atoms in total. The van der Waals surface area contributed by atoms with E-state index in [9.17, 15) is 15.0 Å². The highest BCUT2D eigenvalue weighted by atomic mass is 16.5. The summed E-state index contributed by atoms with van der Waals surface area (Å²) in [7, 11) is 0. The van der Waals surface area contributed by atoms with E-state index in [4.69, 9.17) is 4.74 Å². The van der Waals surface area contributed by atoms with Crippen molar-refractivity contribution in [2.24, 2.45) is 0 Å². The van der Waals surface area contributed by atoms with Gasteiger partial charge in [0.15, 0.2) is 0 Å². The van der Waals surface area contributed by atoms with Crippen LogP contribution in [0.15, 0.2) is 60.7 Å². The van der Waals surface area contributed by atoms with Gasteiger partial charge in [-0.15, -0.1) is 0 Å². The van der Waals surface area contributed by atoms with E-state index in [1.54, 1.807) is 24.3 Å². The number of carbonyl (C=O) groups excluding carboxylic acids is 1. The van der Waals surface area contributed by atoms with E-state index in [1.165, 1.54) is 0 Å². The van der Waals surface area contributed by atoms with Gasteiger partial charge in [0, 0.05) is 6.42 Å². The van der Waals surface area contributed by atoms with Crippen LogP contribution in [0.1, 0.15) is 28.8 Å². The number of ether oxygens (including phenoxy) is 1. The number of hydrogen-bond acceptors (Lipinski definition) is 4. The van der Waals surface area contributed by atoms with Gasteiger partial charge in [-0.2, -0.15) is 0 Å². The largest absolute Gasteiger partial charge is 0.462 e. The Hall–Kier alpha value is -2.17. The maximum Gasteiger partial charge on any atom is 0.338 e. The number of aliphatic hydroxyl groups is 2. The number of aliphatic hydroxyl groups excluding tert-OH is 2. The lowest BCUT2D eigenvalue weighted by atomic mass is 10.0. The maximum absolute atomic E-state index is 11.7. The average Bonchev–Trinajstić information content (AvgIpc) is 2.61. The zero-order valence-corrected chi connectivity index (χ0v) is 13.0. The zero-order valence-electron chi connectivity index (χ0n) is 13.0. The molecule has 0 aromatic heterocycles. The summed E-state index contributed by atoms with van der Waals surface area (Å²) in [5.41, 5.74) is 1.60. The van der Waals surface area contributed by atoms with Crippen molar-refractivity contribution >= 4 is 5.97 Å². The van der Waals surface area contributed by atoms with Crippen LogP contribution in [0.2, 0.25) is 0 Å². The summed E-state index contributed by atoms with van der Waals surface area (Å²) in [4.78, 5) is 11.7. The lowest BCUT2D eigenvalue weighted by molar-refractivity contribution is -0.00511. The molecule has 0 aliphatic heterocycles. The normalized spacial score (nSPS) is 13.3. The van der Waals surface area contributed by atoms with E-state index in [-0.39, 0.29) is 13.0 Å². The number of rotatable bonds is 8. The zero-order chi connectivity index (χ0) is 16.5. The van der Waals surface area contributed by atoms with Gasteiger partial charge < -0.3 is 14.9 Å². The van der Waals surface area contributed by atoms with Crippen molar-refractivity contribution in [3.63, 3.8) is 0 Å². The molecule has 0 aliphatic rings. The minimum absolute atomic E-state index is 0.0806. The lowest BCUT2D eigenvalue weighted by Gasteiger charge is -2.17. The molecule has 0 amide bonds. The predicted molar refractivity (Wildman–Crippen MR) is 88.1 cm³/mol. The second kappa shape index (κ2) is 9.08. The first-order chi connectivity index (χ1) is 11.2. The van der Waals surface area contributed by atoms with Crippen LogP contribution in [0, 0.1) is 0 Å². The molecule has 23 heavy (non-hydrogen) atoms. The van der Waals surface area contributed by atoms with E-state index in [2.05, 4.69) is 0 Å². The van der Waals surface area contributed by atoms with Crippen molar-refractivity contribution in [2.75, 3.05) is 6.61 Å². The molecular weight excluding hydrogens is 292 g/mol. The Morgan fingerprint density at radius 2 is 1.43 bits per heavy atom. The van der Waals surface area contributed by atoms with Crippen molar-refractivity contribution in [1.82, 2.24) is 0 Å². The van der Waals surface area contributed by atoms with Gasteiger partial charge in [-0.25, -0.2) is 4.79 Å². The topological polar surface area (TPSA) is 66.8 Å². The molecule has 2 aromatic carbocycles. The van der Waals surface area contributed by atoms with Crippen LogP contribution in [0.5, 0.6) is 0 Å². The second-order valence-corrected chi connectivity index (χ2v) is 5.45. The highest BCUT2D eigenvalue weighted by Crippen LogP contribution is 2.10. The third-order valence-corrected chi connectivity index (χ3v) is 3.67. The van der Waals surface area contributed by atoms with E-state index in [0.29, 0.717) is 18.4 Å². The molecule has 0 saturated heterocycles. The molecule has 0 saturated carbocycles. The number of hydrogen-bond donors (Lipinski definition) is 2. The molecule has 122 valence electrons. The molecule has 2 N–H and O–H groups in total. The van der Waals surface area contributed by atoms with Gasteiger partial charge in [-0.1, -0.05) is 48.5 Å². The molecule has 0 bridgehead atoms. The van der Waals surface area contributed by atoms with Crippen molar-refractivity contribution < 1.29 is 19.7 Å². The Labute approximate surface area is 136 Å². The van der Waals surface area contributed by atoms with Crippen LogP contribution >= 0.6 is 0 Å². The molecule has 4 heteroatoms. The van der Waals surface area contributed by atoms with Crippen LogP contribution in [0.25, 0.3) is 0 Å². The summed E-state index contributed by atoms with van der Waals surface area (Å²) in [6.45, 7) is 0.0806. The summed E-state index contributed by atoms with van der Waals surface area (Å²) in [5.74, 6) is -0.420. The Bertz CT molecular complexity index is 583. The average molecular weight is 314 g/mol. The van der Waals surface area contributed by atoms with E-state index in [0.717, 1.165) is 5.56 Å². The predicted octanol–water partition coefficient (Wildman–Crippen LogP) is 2.59. The summed E-state index contributed by atoms with van der Waals surface area (Å²) in [5, 5.41) is 19.9. The van der Waals surface area contributed by atoms with Gasteiger partial charge in [0.25, 0.3) is 0 Å². The molecule has 0 spiro atoms. The highest BCUT2D eigenvalue weighted by molar-refractivity contribution is 5.89. The van der Waals surface area contributed by atoms with Gasteiger partial charge in [-0.3, -0.25) is 0 Å². The van der Waals surface area contributed by atoms with E-state index >= 15 is 0 Å². The fourth-order valence-electron chi connectivity index (χ4n) is 2.27. The minimum atomic E-state index is -0.901. The Morgan fingerprint density at radius 3 is 2.09 bits per heavy atom. The van der Waals surface area contributed by atoms with Crippen LogP contribution in [-0.2, 0) is 11.2 Å². The maximum atomic E-state index is 11.7. The van der Waals surface area contributed by atoms with E-state index in [1.807, 2.05) is 36.4 Å². The number of aryl methyl sites for hydroxylation is 1. The van der Waals surface area contributed by atoms with Gasteiger partial charge in [0.1, 0.15) is 0 Å². The van der Waals surface area contributed by atoms with Crippen molar-refractivity contribution in [3.8, 4) is 0 Å². The molecule has 0 heterocycles. The Balaban J connectivity index is 1.67. The Kier molecular flexibility index (Phi) is 6.78. The molecule has 2 atom stereocenters. The van der Waals surface area contributed by atoms with Crippen LogP contribution in [0.4, 0.5) is 0 Å². The van der Waals surface area contributed by atoms with Gasteiger partial charge in [0.05, 0.1) is 24.4 Å². The SMILES string of the molecule is O=C(OCCC(O)C(O)CCc1ccccc1)c1ccccc1. The van der Waals surface area contributed by atoms with Crippen LogP contribution in [0.3, 0.4) is 0 Å². The van der Waals surface area contributed by atoms with Crippen molar-refractivity contribution in [3.05, 3.63) is 71.8 Å².